The van der Waals surface area contributed by atoms with Crippen molar-refractivity contribution in [2.24, 2.45) is 7.05 Å². The Bertz CT molecular complexity index is 1280. The molecule has 0 bridgehead atoms. The molecule has 152 valence electrons. The Labute approximate surface area is 176 Å². The number of nitrogens with zero attached hydrogens (tertiary/aromatic N) is 5. The normalized spacial score (nSPS) is 10.9. The molecule has 0 fully saturated rings. The summed E-state index contributed by atoms with van der Waals surface area (Å²) in [4.78, 5) is 29.9. The van der Waals surface area contributed by atoms with Gasteiger partial charge in [-0.2, -0.15) is 15.0 Å². The second kappa shape index (κ2) is 8.37. The highest BCUT2D eigenvalue weighted by molar-refractivity contribution is 7.98. The van der Waals surface area contributed by atoms with E-state index in [0.717, 1.165) is 0 Å². The molecule has 0 aliphatic carbocycles. The molecule has 0 unspecified atom stereocenters. The van der Waals surface area contributed by atoms with Crippen molar-refractivity contribution < 1.29 is 4.74 Å². The fourth-order valence-electron chi connectivity index (χ4n) is 2.88. The molecular weight excluding hydrogens is 402 g/mol. The zero-order valence-corrected chi connectivity index (χ0v) is 17.2. The number of anilines is 3. The maximum atomic E-state index is 12.6. The van der Waals surface area contributed by atoms with Crippen LogP contribution in [0, 0.1) is 0 Å². The fraction of sp³-hybridized carbons (Fsp3) is 0.150. The molecule has 0 amide bonds. The van der Waals surface area contributed by atoms with Crippen LogP contribution in [0.2, 0.25) is 0 Å². The van der Waals surface area contributed by atoms with Crippen molar-refractivity contribution in [3.8, 4) is 5.75 Å². The second-order valence-electron chi connectivity index (χ2n) is 6.32. The first-order chi connectivity index (χ1) is 14.5. The van der Waals surface area contributed by atoms with Gasteiger partial charge in [0, 0.05) is 7.05 Å². The summed E-state index contributed by atoms with van der Waals surface area (Å²) < 4.78 is 6.85. The van der Waals surface area contributed by atoms with E-state index in [2.05, 4.69) is 25.3 Å². The first-order valence-electron chi connectivity index (χ1n) is 9.04. The molecule has 2 aromatic carbocycles. The van der Waals surface area contributed by atoms with E-state index < -0.39 is 0 Å². The van der Waals surface area contributed by atoms with Gasteiger partial charge >= 0.3 is 0 Å². The third-order valence-electron chi connectivity index (χ3n) is 4.32. The molecular formula is C20H19N7O2S. The fourth-order valence-corrected chi connectivity index (χ4v) is 3.71. The summed E-state index contributed by atoms with van der Waals surface area (Å²) in [5.74, 6) is 1.89. The molecule has 4 rings (SSSR count). The van der Waals surface area contributed by atoms with E-state index in [9.17, 15) is 4.79 Å². The number of ether oxygens (including phenoxy) is 1. The van der Waals surface area contributed by atoms with E-state index in [4.69, 9.17) is 10.5 Å². The summed E-state index contributed by atoms with van der Waals surface area (Å²) in [6.07, 6.45) is 0. The van der Waals surface area contributed by atoms with Crippen LogP contribution < -0.4 is 21.3 Å². The lowest BCUT2D eigenvalue weighted by Gasteiger charge is -2.11. The Hall–Kier alpha value is -3.66. The third-order valence-corrected chi connectivity index (χ3v) is 5.35. The van der Waals surface area contributed by atoms with Crippen molar-refractivity contribution in [2.45, 2.75) is 10.9 Å². The summed E-state index contributed by atoms with van der Waals surface area (Å²) in [6, 6.07) is 14.7. The highest BCUT2D eigenvalue weighted by Crippen LogP contribution is 2.26. The predicted octanol–water partition coefficient (Wildman–Crippen LogP) is 2.75. The number of rotatable bonds is 6. The number of benzene rings is 2. The van der Waals surface area contributed by atoms with Crippen molar-refractivity contribution >= 4 is 40.2 Å². The van der Waals surface area contributed by atoms with Crippen LogP contribution in [0.3, 0.4) is 0 Å². The highest BCUT2D eigenvalue weighted by atomic mass is 32.2. The van der Waals surface area contributed by atoms with Crippen molar-refractivity contribution in [3.63, 3.8) is 0 Å². The molecule has 4 aromatic rings. The lowest BCUT2D eigenvalue weighted by molar-refractivity contribution is 0.417. The van der Waals surface area contributed by atoms with Gasteiger partial charge in [-0.05, 0) is 24.3 Å². The van der Waals surface area contributed by atoms with Crippen molar-refractivity contribution in [3.05, 3.63) is 64.7 Å². The first-order valence-corrected chi connectivity index (χ1v) is 10.0. The number of hydrogen-bond donors (Lipinski definition) is 2. The van der Waals surface area contributed by atoms with E-state index >= 15 is 0 Å². The molecule has 0 saturated heterocycles. The quantitative estimate of drug-likeness (QED) is 0.357. The topological polar surface area (TPSA) is 121 Å². The molecule has 9 nitrogen and oxygen atoms in total. The average molecular weight is 421 g/mol. The number of fused-ring (bicyclic) bond motifs is 1. The van der Waals surface area contributed by atoms with Crippen LogP contribution in [-0.4, -0.2) is 31.6 Å². The molecule has 2 aromatic heterocycles. The minimum Gasteiger partial charge on any atom is -0.495 e. The zero-order valence-electron chi connectivity index (χ0n) is 16.4. The van der Waals surface area contributed by atoms with Crippen LogP contribution in [0.25, 0.3) is 10.9 Å². The van der Waals surface area contributed by atoms with Gasteiger partial charge in [-0.3, -0.25) is 9.36 Å². The number of nitrogen functional groups attached to an aromatic ring is 1. The summed E-state index contributed by atoms with van der Waals surface area (Å²) in [6.45, 7) is 0. The Morgan fingerprint density at radius 1 is 1.07 bits per heavy atom. The zero-order chi connectivity index (χ0) is 21.1. The molecule has 0 spiro atoms. The van der Waals surface area contributed by atoms with Crippen LogP contribution in [-0.2, 0) is 12.8 Å². The highest BCUT2D eigenvalue weighted by Gasteiger charge is 2.12. The Kier molecular flexibility index (Phi) is 5.48. The molecule has 0 aliphatic rings. The summed E-state index contributed by atoms with van der Waals surface area (Å²) >= 11 is 1.35. The van der Waals surface area contributed by atoms with Gasteiger partial charge in [-0.1, -0.05) is 36.0 Å². The number of thioether (sulfide) groups is 1. The smallest absolute Gasteiger partial charge is 0.261 e. The molecule has 0 atom stereocenters. The number of hydrogen-bond acceptors (Lipinski definition) is 9. The molecule has 0 saturated carbocycles. The van der Waals surface area contributed by atoms with Gasteiger partial charge in [-0.25, -0.2) is 4.98 Å². The van der Waals surface area contributed by atoms with Gasteiger partial charge in [0.15, 0.2) is 5.16 Å². The minimum absolute atomic E-state index is 0.0957. The summed E-state index contributed by atoms with van der Waals surface area (Å²) in [5.41, 5.74) is 7.13. The lowest BCUT2D eigenvalue weighted by Crippen LogP contribution is -2.20. The number of para-hydroxylation sites is 3. The van der Waals surface area contributed by atoms with Crippen LogP contribution in [0.15, 0.2) is 58.5 Å². The maximum Gasteiger partial charge on any atom is 0.261 e. The summed E-state index contributed by atoms with van der Waals surface area (Å²) in [7, 11) is 3.28. The van der Waals surface area contributed by atoms with E-state index in [1.54, 1.807) is 20.2 Å². The van der Waals surface area contributed by atoms with Crippen molar-refractivity contribution in [1.29, 1.82) is 0 Å². The number of aromatic nitrogens is 5. The van der Waals surface area contributed by atoms with E-state index in [1.165, 1.54) is 16.3 Å². The monoisotopic (exact) mass is 421 g/mol. The van der Waals surface area contributed by atoms with Crippen LogP contribution in [0.5, 0.6) is 5.75 Å². The van der Waals surface area contributed by atoms with Crippen LogP contribution >= 0.6 is 11.8 Å². The Balaban J connectivity index is 1.58. The predicted molar refractivity (Wildman–Crippen MR) is 117 cm³/mol. The van der Waals surface area contributed by atoms with E-state index in [-0.39, 0.29) is 11.5 Å². The molecule has 10 heteroatoms. The molecule has 0 radical (unpaired) electrons. The van der Waals surface area contributed by atoms with Gasteiger partial charge in [-0.15, -0.1) is 0 Å². The Morgan fingerprint density at radius 3 is 2.67 bits per heavy atom. The van der Waals surface area contributed by atoms with E-state index in [1.807, 2.05) is 42.5 Å². The van der Waals surface area contributed by atoms with Gasteiger partial charge < -0.3 is 15.8 Å². The number of nitrogens with two attached hydrogens (primary N) is 1. The second-order valence-corrected chi connectivity index (χ2v) is 7.27. The molecule has 2 heterocycles. The van der Waals surface area contributed by atoms with Gasteiger partial charge in [0.1, 0.15) is 11.6 Å². The maximum absolute atomic E-state index is 12.6. The standard InChI is InChI=1S/C20H19N7O2S/c1-27-17(28)12-7-3-4-8-13(12)23-20(27)30-11-16-24-18(21)26-19(25-16)22-14-9-5-6-10-15(14)29-2/h3-10H,11H2,1-2H3,(H3,21,22,24,25,26). The van der Waals surface area contributed by atoms with Crippen molar-refractivity contribution in [2.75, 3.05) is 18.2 Å². The van der Waals surface area contributed by atoms with Gasteiger partial charge in [0.05, 0.1) is 29.5 Å². The molecule has 0 aliphatic heterocycles. The summed E-state index contributed by atoms with van der Waals surface area (Å²) in [5, 5.41) is 4.25. The SMILES string of the molecule is COc1ccccc1Nc1nc(N)nc(CSc2nc3ccccc3c(=O)n2C)n1. The third kappa shape index (κ3) is 4.03. The number of methoxy groups -OCH3 is 1. The van der Waals surface area contributed by atoms with Crippen molar-refractivity contribution in [1.82, 2.24) is 24.5 Å². The Morgan fingerprint density at radius 2 is 1.83 bits per heavy atom. The largest absolute Gasteiger partial charge is 0.495 e. The van der Waals surface area contributed by atoms with Gasteiger partial charge in [0.2, 0.25) is 11.9 Å². The minimum atomic E-state index is -0.100. The average Bonchev–Trinajstić information content (AvgIpc) is 2.75. The van der Waals surface area contributed by atoms with Gasteiger partial charge in [0.25, 0.3) is 5.56 Å². The lowest BCUT2D eigenvalue weighted by atomic mass is 10.2. The number of nitrogens with one attached hydrogen (secondary N) is 1. The van der Waals surface area contributed by atoms with E-state index in [0.29, 0.717) is 45.0 Å². The molecule has 3 N–H and O–H groups in total. The molecule has 30 heavy (non-hydrogen) atoms. The first kappa shape index (κ1) is 19.6. The van der Waals surface area contributed by atoms with Crippen LogP contribution in [0.4, 0.5) is 17.6 Å². The van der Waals surface area contributed by atoms with Crippen LogP contribution in [0.1, 0.15) is 5.82 Å².